The van der Waals surface area contributed by atoms with Gasteiger partial charge in [0.1, 0.15) is 0 Å². The average Bonchev–Trinajstić information content (AvgIpc) is 3.00. The number of nitrogens with zero attached hydrogens (tertiary/aromatic N) is 4. The fourth-order valence-corrected chi connectivity index (χ4v) is 19.3. The van der Waals surface area contributed by atoms with Crippen LogP contribution in [0.5, 0.6) is 0 Å². The standard InChI is InChI=1S/C9H8FN4.3C4H9.Sn/c1-6-12-13-7(2)14(6)9-8(10)4-3-5-11-9;3*1-3-4-2;/h3-4H,1-2H3;3*1,3-4H2,2H3;. The van der Waals surface area contributed by atoms with E-state index in [0.29, 0.717) is 17.5 Å². The first kappa shape index (κ1) is 22.3. The Hall–Kier alpha value is -0.981. The fraction of sp³-hybridized carbons (Fsp3) is 0.667. The van der Waals surface area contributed by atoms with Gasteiger partial charge in [0.05, 0.1) is 0 Å². The average molecular weight is 481 g/mol. The van der Waals surface area contributed by atoms with Crippen LogP contribution in [-0.2, 0) is 0 Å². The van der Waals surface area contributed by atoms with Gasteiger partial charge in [-0.25, -0.2) is 0 Å². The van der Waals surface area contributed by atoms with Crippen LogP contribution >= 0.6 is 0 Å². The van der Waals surface area contributed by atoms with Gasteiger partial charge in [0.25, 0.3) is 0 Å². The first-order valence-corrected chi connectivity index (χ1v) is 18.0. The predicted molar refractivity (Wildman–Crippen MR) is 113 cm³/mol. The Morgan fingerprint density at radius 1 is 0.852 bits per heavy atom. The second-order valence-corrected chi connectivity index (χ2v) is 20.8. The van der Waals surface area contributed by atoms with Crippen LogP contribution in [0.1, 0.15) is 70.9 Å². The van der Waals surface area contributed by atoms with Crippen molar-refractivity contribution in [2.75, 3.05) is 0 Å². The Bertz CT molecular complexity index is 688. The molecule has 0 spiro atoms. The summed E-state index contributed by atoms with van der Waals surface area (Å²) in [6, 6.07) is 3.64. The molecule has 0 bridgehead atoms. The van der Waals surface area contributed by atoms with E-state index in [1.807, 2.05) is 19.9 Å². The molecule has 2 heterocycles. The molecule has 0 amide bonds. The van der Waals surface area contributed by atoms with Crippen molar-refractivity contribution in [2.45, 2.75) is 86.5 Å². The summed E-state index contributed by atoms with van der Waals surface area (Å²) in [4.78, 5) is 4.97. The van der Waals surface area contributed by atoms with Gasteiger partial charge in [-0.1, -0.05) is 0 Å². The summed E-state index contributed by atoms with van der Waals surface area (Å²) in [6.45, 7) is 10.5. The van der Waals surface area contributed by atoms with E-state index in [4.69, 9.17) is 4.98 Å². The zero-order chi connectivity index (χ0) is 19.9. The van der Waals surface area contributed by atoms with E-state index < -0.39 is 18.4 Å². The van der Waals surface area contributed by atoms with Gasteiger partial charge < -0.3 is 0 Å². The summed E-state index contributed by atoms with van der Waals surface area (Å²) in [7, 11) is 0. The molecule has 0 unspecified atom stereocenters. The summed E-state index contributed by atoms with van der Waals surface area (Å²) < 4.78 is 21.7. The summed E-state index contributed by atoms with van der Waals surface area (Å²) >= 11 is -2.69. The van der Waals surface area contributed by atoms with Crippen LogP contribution in [0.3, 0.4) is 0 Å². The van der Waals surface area contributed by atoms with E-state index >= 15 is 0 Å². The summed E-state index contributed by atoms with van der Waals surface area (Å²) in [5.74, 6) is 1.48. The van der Waals surface area contributed by atoms with Crippen molar-refractivity contribution in [1.29, 1.82) is 0 Å². The molecule has 0 aliphatic heterocycles. The van der Waals surface area contributed by atoms with Crippen LogP contribution in [-0.4, -0.2) is 38.1 Å². The zero-order valence-electron chi connectivity index (χ0n) is 17.7. The summed E-state index contributed by atoms with van der Waals surface area (Å²) in [5.41, 5.74) is 0. The third-order valence-electron chi connectivity index (χ3n) is 5.60. The first-order chi connectivity index (χ1) is 13.0. The fourth-order valence-electron chi connectivity index (χ4n) is 3.96. The van der Waals surface area contributed by atoms with Crippen LogP contribution in [0.15, 0.2) is 12.1 Å². The van der Waals surface area contributed by atoms with E-state index in [2.05, 4.69) is 31.0 Å². The molecule has 0 fully saturated rings. The number of hydrogen-bond acceptors (Lipinski definition) is 3. The Labute approximate surface area is 167 Å². The van der Waals surface area contributed by atoms with Gasteiger partial charge in [-0.3, -0.25) is 0 Å². The number of pyridine rings is 1. The van der Waals surface area contributed by atoms with Crippen molar-refractivity contribution in [2.24, 2.45) is 0 Å². The number of halogens is 1. The Morgan fingerprint density at radius 2 is 1.33 bits per heavy atom. The van der Waals surface area contributed by atoms with Crippen LogP contribution in [0, 0.1) is 19.7 Å². The second kappa shape index (κ2) is 10.5. The van der Waals surface area contributed by atoms with E-state index in [1.54, 1.807) is 10.6 Å². The number of aromatic nitrogens is 4. The minimum absolute atomic E-state index is 0.286. The molecule has 0 saturated carbocycles. The second-order valence-electron chi connectivity index (χ2n) is 7.72. The molecule has 2 aromatic heterocycles. The Kier molecular flexibility index (Phi) is 8.70. The SMILES string of the molecule is CCC[CH2][Sn]([CH2]CCC)([CH2]CCC)[c]1ccc(F)c(-n2c(C)nnc2C)n1. The molecule has 0 atom stereocenters. The maximum atomic E-state index is 14.7. The van der Waals surface area contributed by atoms with Gasteiger partial charge in [-0.15, -0.1) is 0 Å². The van der Waals surface area contributed by atoms with Crippen LogP contribution in [0.2, 0.25) is 13.3 Å². The van der Waals surface area contributed by atoms with Gasteiger partial charge in [-0.05, 0) is 0 Å². The molecule has 0 aliphatic carbocycles. The molecule has 0 radical (unpaired) electrons. The molecule has 2 rings (SSSR count). The van der Waals surface area contributed by atoms with E-state index in [1.165, 1.54) is 55.5 Å². The Morgan fingerprint density at radius 3 is 1.78 bits per heavy atom. The van der Waals surface area contributed by atoms with Crippen molar-refractivity contribution >= 4 is 22.1 Å². The first-order valence-electron chi connectivity index (χ1n) is 10.5. The minimum atomic E-state index is -2.69. The van der Waals surface area contributed by atoms with E-state index in [-0.39, 0.29) is 5.82 Å². The molecule has 0 aromatic carbocycles. The molecule has 0 aliphatic rings. The predicted octanol–water partition coefficient (Wildman–Crippen LogP) is 5.47. The summed E-state index contributed by atoms with van der Waals surface area (Å²) in [5, 5.41) is 8.20. The third-order valence-corrected chi connectivity index (χ3v) is 20.7. The molecule has 0 N–H and O–H groups in total. The van der Waals surface area contributed by atoms with Crippen molar-refractivity contribution in [3.8, 4) is 5.82 Å². The van der Waals surface area contributed by atoms with Gasteiger partial charge in [0.15, 0.2) is 0 Å². The number of unbranched alkanes of at least 4 members (excludes halogenated alkanes) is 3. The van der Waals surface area contributed by atoms with E-state index in [9.17, 15) is 4.39 Å². The zero-order valence-corrected chi connectivity index (χ0v) is 20.5. The number of hydrogen-bond donors (Lipinski definition) is 0. The Balaban J connectivity index is 2.55. The summed E-state index contributed by atoms with van der Waals surface area (Å²) in [6.07, 6.45) is 7.45. The van der Waals surface area contributed by atoms with Crippen LogP contribution in [0.25, 0.3) is 5.82 Å². The van der Waals surface area contributed by atoms with E-state index in [0.717, 1.165) is 0 Å². The molecule has 150 valence electrons. The number of aryl methyl sites for hydroxylation is 2. The van der Waals surface area contributed by atoms with Gasteiger partial charge in [0, 0.05) is 0 Å². The van der Waals surface area contributed by atoms with Gasteiger partial charge in [0.2, 0.25) is 0 Å². The molecule has 4 nitrogen and oxygen atoms in total. The molecule has 0 saturated heterocycles. The van der Waals surface area contributed by atoms with Gasteiger partial charge in [-0.2, -0.15) is 0 Å². The van der Waals surface area contributed by atoms with Gasteiger partial charge >= 0.3 is 168 Å². The van der Waals surface area contributed by atoms with Crippen LogP contribution in [0.4, 0.5) is 4.39 Å². The van der Waals surface area contributed by atoms with Crippen molar-refractivity contribution in [3.63, 3.8) is 0 Å². The maximum absolute atomic E-state index is 14.7. The van der Waals surface area contributed by atoms with Crippen molar-refractivity contribution in [1.82, 2.24) is 19.7 Å². The normalized spacial score (nSPS) is 11.9. The third kappa shape index (κ3) is 5.30. The molecular weight excluding hydrogens is 446 g/mol. The van der Waals surface area contributed by atoms with Crippen molar-refractivity contribution in [3.05, 3.63) is 29.6 Å². The quantitative estimate of drug-likeness (QED) is 0.400. The van der Waals surface area contributed by atoms with Crippen molar-refractivity contribution < 1.29 is 4.39 Å². The molecule has 6 heteroatoms. The monoisotopic (exact) mass is 482 g/mol. The molecule has 27 heavy (non-hydrogen) atoms. The molecular formula is C21H35FN4Sn. The number of rotatable bonds is 11. The topological polar surface area (TPSA) is 43.6 Å². The molecule has 2 aromatic rings. The van der Waals surface area contributed by atoms with Crippen LogP contribution < -0.4 is 3.71 Å².